The second kappa shape index (κ2) is 7.28. The molecular weight excluding hydrogens is 386 g/mol. The zero-order valence-electron chi connectivity index (χ0n) is 14.9. The first kappa shape index (κ1) is 17.9. The maximum Gasteiger partial charge on any atom is 0.323 e. The third-order valence-electron chi connectivity index (χ3n) is 4.30. The number of nitrogens with one attached hydrogen (secondary N) is 2. The molecule has 7 nitrogen and oxygen atoms in total. The number of ether oxygens (including phenoxy) is 1. The maximum atomic E-state index is 12.5. The molecule has 3 aromatic heterocycles. The number of methoxy groups -OCH3 is 1. The van der Waals surface area contributed by atoms with Crippen LogP contribution in [0.25, 0.3) is 10.3 Å². The molecule has 1 fully saturated rings. The summed E-state index contributed by atoms with van der Waals surface area (Å²) in [7, 11) is 1.49. The van der Waals surface area contributed by atoms with Crippen LogP contribution in [0.5, 0.6) is 5.88 Å². The molecule has 0 saturated heterocycles. The molecule has 1 aliphatic carbocycles. The molecule has 0 aromatic carbocycles. The highest BCUT2D eigenvalue weighted by molar-refractivity contribution is 7.18. The first-order chi connectivity index (χ1) is 13.1. The van der Waals surface area contributed by atoms with E-state index in [0.717, 1.165) is 40.2 Å². The molecule has 0 atom stereocenters. The van der Waals surface area contributed by atoms with Gasteiger partial charge in [0.2, 0.25) is 5.88 Å². The Balaban J connectivity index is 1.58. The molecule has 3 aromatic rings. The van der Waals surface area contributed by atoms with Crippen LogP contribution in [-0.2, 0) is 6.42 Å². The number of carbonyl (C=O) groups is 1. The van der Waals surface area contributed by atoms with Crippen LogP contribution in [0.1, 0.15) is 36.3 Å². The van der Waals surface area contributed by atoms with Crippen LogP contribution in [-0.4, -0.2) is 28.1 Å². The zero-order chi connectivity index (χ0) is 19.0. The Kier molecular flexibility index (Phi) is 4.84. The van der Waals surface area contributed by atoms with E-state index in [2.05, 4.69) is 27.5 Å². The summed E-state index contributed by atoms with van der Waals surface area (Å²) >= 11 is 7.66. The fourth-order valence-electron chi connectivity index (χ4n) is 2.90. The molecule has 0 spiro atoms. The number of aromatic nitrogens is 3. The van der Waals surface area contributed by atoms with Gasteiger partial charge >= 0.3 is 6.03 Å². The van der Waals surface area contributed by atoms with Gasteiger partial charge in [-0.2, -0.15) is 0 Å². The third-order valence-corrected chi connectivity index (χ3v) is 5.68. The van der Waals surface area contributed by atoms with E-state index in [4.69, 9.17) is 21.3 Å². The molecule has 9 heteroatoms. The van der Waals surface area contributed by atoms with E-state index in [1.165, 1.54) is 13.3 Å². The second-order valence-corrected chi connectivity index (χ2v) is 7.74. The number of pyridine rings is 2. The molecule has 140 valence electrons. The minimum Gasteiger partial charge on any atom is -0.480 e. The highest BCUT2D eigenvalue weighted by Crippen LogP contribution is 2.46. The lowest BCUT2D eigenvalue weighted by Crippen LogP contribution is -2.20. The standard InChI is InChI=1S/C18H18ClN5O2S/c1-3-13-24-15-14(9-4-5-9)12(8-21-17(15)27-13)23-18(25)22-10-6-11(19)16(26-2)20-7-10/h6-9H,3-5H2,1-2H3,(H2,22,23,25). The average Bonchev–Trinajstić information content (AvgIpc) is 3.39. The normalized spacial score (nSPS) is 13.6. The van der Waals surface area contributed by atoms with Gasteiger partial charge in [0.1, 0.15) is 15.4 Å². The Morgan fingerprint density at radius 2 is 2.15 bits per heavy atom. The predicted molar refractivity (Wildman–Crippen MR) is 107 cm³/mol. The van der Waals surface area contributed by atoms with E-state index in [9.17, 15) is 4.79 Å². The summed E-state index contributed by atoms with van der Waals surface area (Å²) in [6.07, 6.45) is 6.28. The fraction of sp³-hybridized carbons (Fsp3) is 0.333. The monoisotopic (exact) mass is 403 g/mol. The van der Waals surface area contributed by atoms with Gasteiger partial charge in [-0.3, -0.25) is 0 Å². The second-order valence-electron chi connectivity index (χ2n) is 6.27. The fourth-order valence-corrected chi connectivity index (χ4v) is 4.01. The number of thiazole rings is 1. The quantitative estimate of drug-likeness (QED) is 0.636. The maximum absolute atomic E-state index is 12.5. The number of fused-ring (bicyclic) bond motifs is 1. The van der Waals surface area contributed by atoms with Crippen molar-refractivity contribution in [2.24, 2.45) is 0 Å². The summed E-state index contributed by atoms with van der Waals surface area (Å²) < 4.78 is 5.02. The van der Waals surface area contributed by atoms with E-state index >= 15 is 0 Å². The van der Waals surface area contributed by atoms with Gasteiger partial charge in [-0.25, -0.2) is 19.7 Å². The minimum absolute atomic E-state index is 0.309. The van der Waals surface area contributed by atoms with Crippen molar-refractivity contribution in [2.75, 3.05) is 17.7 Å². The summed E-state index contributed by atoms with van der Waals surface area (Å²) in [5, 5.41) is 7.01. The summed E-state index contributed by atoms with van der Waals surface area (Å²) in [6.45, 7) is 2.08. The molecule has 2 N–H and O–H groups in total. The number of rotatable bonds is 5. The van der Waals surface area contributed by atoms with Crippen molar-refractivity contribution in [2.45, 2.75) is 32.1 Å². The van der Waals surface area contributed by atoms with Gasteiger partial charge in [0, 0.05) is 5.56 Å². The van der Waals surface area contributed by atoms with Crippen molar-refractivity contribution < 1.29 is 9.53 Å². The van der Waals surface area contributed by atoms with E-state index in [0.29, 0.717) is 28.2 Å². The summed E-state index contributed by atoms with van der Waals surface area (Å²) in [5.41, 5.74) is 3.16. The Morgan fingerprint density at radius 1 is 1.33 bits per heavy atom. The van der Waals surface area contributed by atoms with Gasteiger partial charge in [0.25, 0.3) is 0 Å². The minimum atomic E-state index is -0.382. The molecular formula is C18H18ClN5O2S. The Bertz CT molecular complexity index is 1020. The van der Waals surface area contributed by atoms with Crippen LogP contribution in [0, 0.1) is 0 Å². The Labute approximate surface area is 165 Å². The SMILES string of the molecule is CCc1nc2c(C3CC3)c(NC(=O)Nc3cnc(OC)c(Cl)c3)cnc2s1. The van der Waals surface area contributed by atoms with Crippen molar-refractivity contribution in [3.05, 3.63) is 34.1 Å². The molecule has 3 heterocycles. The number of hydrogen-bond donors (Lipinski definition) is 2. The smallest absolute Gasteiger partial charge is 0.323 e. The lowest BCUT2D eigenvalue weighted by molar-refractivity contribution is 0.262. The molecule has 4 rings (SSSR count). The van der Waals surface area contributed by atoms with E-state index in [1.54, 1.807) is 23.6 Å². The molecule has 0 unspecified atom stereocenters. The molecule has 2 amide bonds. The largest absolute Gasteiger partial charge is 0.480 e. The summed E-state index contributed by atoms with van der Waals surface area (Å²) in [6, 6.07) is 1.21. The van der Waals surface area contributed by atoms with Crippen LogP contribution < -0.4 is 15.4 Å². The molecule has 0 bridgehead atoms. The van der Waals surface area contributed by atoms with Crippen molar-refractivity contribution in [1.82, 2.24) is 15.0 Å². The average molecular weight is 404 g/mol. The summed E-state index contributed by atoms with van der Waals surface area (Å²) in [5.74, 6) is 0.735. The molecule has 0 radical (unpaired) electrons. The van der Waals surface area contributed by atoms with Gasteiger partial charge in [0.15, 0.2) is 0 Å². The lowest BCUT2D eigenvalue weighted by atomic mass is 10.1. The number of aryl methyl sites for hydroxylation is 1. The Morgan fingerprint density at radius 3 is 2.81 bits per heavy atom. The van der Waals surface area contributed by atoms with Crippen LogP contribution in [0.4, 0.5) is 16.2 Å². The van der Waals surface area contributed by atoms with Crippen LogP contribution >= 0.6 is 22.9 Å². The van der Waals surface area contributed by atoms with Crippen LogP contribution in [0.15, 0.2) is 18.5 Å². The van der Waals surface area contributed by atoms with E-state index < -0.39 is 0 Å². The van der Waals surface area contributed by atoms with E-state index in [1.807, 2.05) is 0 Å². The van der Waals surface area contributed by atoms with Crippen molar-refractivity contribution >= 4 is 50.7 Å². The van der Waals surface area contributed by atoms with Crippen molar-refractivity contribution in [3.63, 3.8) is 0 Å². The van der Waals surface area contributed by atoms with Gasteiger partial charge in [-0.15, -0.1) is 0 Å². The number of carbonyl (C=O) groups excluding carboxylic acids is 1. The molecule has 1 aliphatic rings. The zero-order valence-corrected chi connectivity index (χ0v) is 16.4. The van der Waals surface area contributed by atoms with Gasteiger partial charge in [-0.1, -0.05) is 29.9 Å². The predicted octanol–water partition coefficient (Wildman–Crippen LogP) is 4.83. The molecule has 27 heavy (non-hydrogen) atoms. The van der Waals surface area contributed by atoms with E-state index in [-0.39, 0.29) is 6.03 Å². The number of nitrogens with zero attached hydrogens (tertiary/aromatic N) is 3. The number of amides is 2. The number of hydrogen-bond acceptors (Lipinski definition) is 6. The van der Waals surface area contributed by atoms with Crippen molar-refractivity contribution in [1.29, 1.82) is 0 Å². The first-order valence-electron chi connectivity index (χ1n) is 8.65. The van der Waals surface area contributed by atoms with Crippen LogP contribution in [0.2, 0.25) is 5.02 Å². The highest BCUT2D eigenvalue weighted by Gasteiger charge is 2.30. The number of anilines is 2. The van der Waals surface area contributed by atoms with Crippen molar-refractivity contribution in [3.8, 4) is 5.88 Å². The third kappa shape index (κ3) is 3.68. The number of urea groups is 1. The van der Waals surface area contributed by atoms with Crippen LogP contribution in [0.3, 0.4) is 0 Å². The topological polar surface area (TPSA) is 89.0 Å². The van der Waals surface area contributed by atoms with Gasteiger partial charge in [0.05, 0.1) is 35.9 Å². The highest BCUT2D eigenvalue weighted by atomic mass is 35.5. The first-order valence-corrected chi connectivity index (χ1v) is 9.84. The van der Waals surface area contributed by atoms with Gasteiger partial charge in [-0.05, 0) is 31.2 Å². The lowest BCUT2D eigenvalue weighted by Gasteiger charge is -2.12. The molecule has 0 aliphatic heterocycles. The molecule has 1 saturated carbocycles. The van der Waals surface area contributed by atoms with Gasteiger partial charge < -0.3 is 15.4 Å². The summed E-state index contributed by atoms with van der Waals surface area (Å²) in [4.78, 5) is 26.6. The number of halogens is 1. The Hall–Kier alpha value is -2.45.